The molecule has 1 saturated carbocycles. The van der Waals surface area contributed by atoms with Crippen LogP contribution in [0.5, 0.6) is 5.88 Å². The lowest BCUT2D eigenvalue weighted by Crippen LogP contribution is -2.47. The van der Waals surface area contributed by atoms with Crippen LogP contribution in [-0.2, 0) is 0 Å². The van der Waals surface area contributed by atoms with Crippen molar-refractivity contribution in [2.24, 2.45) is 0 Å². The molecule has 1 saturated heterocycles. The van der Waals surface area contributed by atoms with Gasteiger partial charge in [-0.1, -0.05) is 12.1 Å². The number of nitrogens with zero attached hydrogens (tertiary/aromatic N) is 3. The van der Waals surface area contributed by atoms with E-state index in [-0.39, 0.29) is 29.8 Å². The molecule has 154 valence electrons. The Labute approximate surface area is 169 Å². The summed E-state index contributed by atoms with van der Waals surface area (Å²) in [5, 5.41) is 6.49. The molecule has 2 amide bonds. The maximum Gasteiger partial charge on any atom is 0.317 e. The van der Waals surface area contributed by atoms with E-state index in [2.05, 4.69) is 20.6 Å². The number of piperidine rings is 1. The number of halogens is 1. The largest absolute Gasteiger partial charge is 0.478 e. The Hall–Kier alpha value is -2.90. The summed E-state index contributed by atoms with van der Waals surface area (Å²) in [4.78, 5) is 22.7. The molecule has 2 N–H and O–H groups in total. The zero-order chi connectivity index (χ0) is 20.2. The Morgan fingerprint density at radius 2 is 2.10 bits per heavy atom. The van der Waals surface area contributed by atoms with Crippen molar-refractivity contribution in [3.8, 4) is 5.88 Å². The number of hydrogen-bond acceptors (Lipinski definition) is 5. The van der Waals surface area contributed by atoms with Gasteiger partial charge in [0.1, 0.15) is 18.0 Å². The minimum atomic E-state index is -0.230. The molecule has 1 aromatic heterocycles. The van der Waals surface area contributed by atoms with Gasteiger partial charge in [0.15, 0.2) is 0 Å². The number of urea groups is 1. The SMILES string of the molecule is CCOc1cc(NC2CCN(C(=O)N[C@@H]3C[C@H]3c3cccc(F)c3)CC2)ncn1. The van der Waals surface area contributed by atoms with Crippen molar-refractivity contribution in [2.45, 2.75) is 44.2 Å². The predicted molar refractivity (Wildman–Crippen MR) is 107 cm³/mol. The second kappa shape index (κ2) is 8.63. The molecule has 2 heterocycles. The van der Waals surface area contributed by atoms with Gasteiger partial charge in [-0.2, -0.15) is 0 Å². The first-order valence-electron chi connectivity index (χ1n) is 10.1. The fraction of sp³-hybridized carbons (Fsp3) is 0.476. The van der Waals surface area contributed by atoms with Gasteiger partial charge in [0.05, 0.1) is 6.61 Å². The van der Waals surface area contributed by atoms with Crippen molar-refractivity contribution in [3.05, 3.63) is 48.0 Å². The molecule has 2 fully saturated rings. The van der Waals surface area contributed by atoms with Gasteiger partial charge in [0.2, 0.25) is 5.88 Å². The van der Waals surface area contributed by atoms with Crippen LogP contribution in [0.1, 0.15) is 37.7 Å². The average molecular weight is 399 g/mol. The maximum atomic E-state index is 13.4. The molecule has 29 heavy (non-hydrogen) atoms. The van der Waals surface area contributed by atoms with Crippen LogP contribution in [0, 0.1) is 5.82 Å². The Morgan fingerprint density at radius 3 is 2.86 bits per heavy atom. The van der Waals surface area contributed by atoms with Crippen LogP contribution >= 0.6 is 0 Å². The van der Waals surface area contributed by atoms with E-state index in [1.54, 1.807) is 18.2 Å². The summed E-state index contributed by atoms with van der Waals surface area (Å²) in [5.74, 6) is 1.28. The smallest absolute Gasteiger partial charge is 0.317 e. The first-order chi connectivity index (χ1) is 14.1. The Morgan fingerprint density at radius 1 is 1.28 bits per heavy atom. The lowest BCUT2D eigenvalue weighted by molar-refractivity contribution is 0.183. The quantitative estimate of drug-likeness (QED) is 0.780. The monoisotopic (exact) mass is 399 g/mol. The number of aromatic nitrogens is 2. The summed E-state index contributed by atoms with van der Waals surface area (Å²) < 4.78 is 18.8. The highest BCUT2D eigenvalue weighted by atomic mass is 19.1. The minimum Gasteiger partial charge on any atom is -0.478 e. The number of amides is 2. The van der Waals surface area contributed by atoms with Crippen LogP contribution in [0.2, 0.25) is 0 Å². The highest BCUT2D eigenvalue weighted by Gasteiger charge is 2.40. The molecule has 0 bridgehead atoms. The zero-order valence-electron chi connectivity index (χ0n) is 16.5. The fourth-order valence-corrected chi connectivity index (χ4v) is 3.79. The highest BCUT2D eigenvalue weighted by Crippen LogP contribution is 2.41. The summed E-state index contributed by atoms with van der Waals surface area (Å²) in [6, 6.07) is 8.74. The highest BCUT2D eigenvalue weighted by molar-refractivity contribution is 5.75. The van der Waals surface area contributed by atoms with Gasteiger partial charge in [-0.15, -0.1) is 0 Å². The standard InChI is InChI=1S/C21H26FN5O2/c1-2-29-20-12-19(23-13-24-20)25-16-6-8-27(9-7-16)21(28)26-18-11-17(18)14-4-3-5-15(22)10-14/h3-5,10,12-13,16-18H,2,6-9,11H2,1H3,(H,26,28)(H,23,24,25)/t17-,18+/m0/s1. The number of rotatable bonds is 6. The molecular formula is C21H26FN5O2. The summed E-state index contributed by atoms with van der Waals surface area (Å²) >= 11 is 0. The average Bonchev–Trinajstić information content (AvgIpc) is 3.48. The second-order valence-corrected chi connectivity index (χ2v) is 7.53. The molecule has 1 aromatic carbocycles. The van der Waals surface area contributed by atoms with Gasteiger partial charge in [-0.25, -0.2) is 19.2 Å². The molecule has 2 atom stereocenters. The van der Waals surface area contributed by atoms with Crippen molar-refractivity contribution in [3.63, 3.8) is 0 Å². The van der Waals surface area contributed by atoms with E-state index < -0.39 is 0 Å². The molecule has 0 spiro atoms. The van der Waals surface area contributed by atoms with E-state index in [9.17, 15) is 9.18 Å². The van der Waals surface area contributed by atoms with E-state index in [1.807, 2.05) is 17.9 Å². The van der Waals surface area contributed by atoms with E-state index in [0.717, 1.165) is 30.6 Å². The number of nitrogens with one attached hydrogen (secondary N) is 2. The number of hydrogen-bond donors (Lipinski definition) is 2. The number of likely N-dealkylation sites (tertiary alicyclic amines) is 1. The number of carbonyl (C=O) groups is 1. The van der Waals surface area contributed by atoms with Crippen LogP contribution in [0.15, 0.2) is 36.7 Å². The molecule has 1 aliphatic heterocycles. The van der Waals surface area contributed by atoms with Gasteiger partial charge >= 0.3 is 6.03 Å². The molecule has 8 heteroatoms. The Balaban J connectivity index is 1.22. The van der Waals surface area contributed by atoms with E-state index >= 15 is 0 Å². The van der Waals surface area contributed by atoms with Crippen molar-refractivity contribution in [1.29, 1.82) is 0 Å². The summed E-state index contributed by atoms with van der Waals surface area (Å²) in [6.45, 7) is 3.84. The predicted octanol–water partition coefficient (Wildman–Crippen LogP) is 3.16. The van der Waals surface area contributed by atoms with Crippen molar-refractivity contribution >= 4 is 11.8 Å². The molecule has 7 nitrogen and oxygen atoms in total. The zero-order valence-corrected chi connectivity index (χ0v) is 16.5. The summed E-state index contributed by atoms with van der Waals surface area (Å²) in [7, 11) is 0. The third-order valence-corrected chi connectivity index (χ3v) is 5.44. The molecule has 0 unspecified atom stereocenters. The van der Waals surface area contributed by atoms with E-state index in [4.69, 9.17) is 4.74 Å². The normalized spacial score (nSPS) is 21.5. The lowest BCUT2D eigenvalue weighted by Gasteiger charge is -2.32. The van der Waals surface area contributed by atoms with Crippen LogP contribution in [0.3, 0.4) is 0 Å². The minimum absolute atomic E-state index is 0.0342. The van der Waals surface area contributed by atoms with Crippen LogP contribution < -0.4 is 15.4 Å². The van der Waals surface area contributed by atoms with E-state index in [1.165, 1.54) is 12.4 Å². The topological polar surface area (TPSA) is 79.4 Å². The van der Waals surface area contributed by atoms with Gasteiger partial charge in [-0.05, 0) is 43.9 Å². The van der Waals surface area contributed by atoms with Crippen molar-refractivity contribution in [1.82, 2.24) is 20.2 Å². The van der Waals surface area contributed by atoms with Crippen molar-refractivity contribution < 1.29 is 13.9 Å². The number of benzene rings is 1. The van der Waals surface area contributed by atoms with Crippen LogP contribution in [0.4, 0.5) is 15.0 Å². The summed E-state index contributed by atoms with van der Waals surface area (Å²) in [6.07, 6.45) is 4.04. The molecular weight excluding hydrogens is 373 g/mol. The number of ether oxygens (including phenoxy) is 1. The van der Waals surface area contributed by atoms with E-state index in [0.29, 0.717) is 25.6 Å². The molecule has 4 rings (SSSR count). The summed E-state index contributed by atoms with van der Waals surface area (Å²) in [5.41, 5.74) is 0.953. The lowest BCUT2D eigenvalue weighted by atomic mass is 10.1. The fourth-order valence-electron chi connectivity index (χ4n) is 3.79. The van der Waals surface area contributed by atoms with Crippen LogP contribution in [-0.4, -0.2) is 52.7 Å². The van der Waals surface area contributed by atoms with Gasteiger partial charge in [0.25, 0.3) is 0 Å². The van der Waals surface area contributed by atoms with Gasteiger partial charge in [0, 0.05) is 37.2 Å². The van der Waals surface area contributed by atoms with Crippen molar-refractivity contribution in [2.75, 3.05) is 25.0 Å². The third-order valence-electron chi connectivity index (χ3n) is 5.44. The Kier molecular flexibility index (Phi) is 5.78. The first-order valence-corrected chi connectivity index (χ1v) is 10.1. The molecule has 1 aliphatic carbocycles. The molecule has 0 radical (unpaired) electrons. The Bertz CT molecular complexity index is 856. The second-order valence-electron chi connectivity index (χ2n) is 7.53. The maximum absolute atomic E-state index is 13.4. The number of anilines is 1. The van der Waals surface area contributed by atoms with Crippen LogP contribution in [0.25, 0.3) is 0 Å². The third kappa shape index (κ3) is 4.93. The first kappa shape index (κ1) is 19.4. The molecule has 2 aliphatic rings. The number of carbonyl (C=O) groups excluding carboxylic acids is 1. The van der Waals surface area contributed by atoms with Gasteiger partial charge in [-0.3, -0.25) is 0 Å². The molecule has 2 aromatic rings. The van der Waals surface area contributed by atoms with Gasteiger partial charge < -0.3 is 20.3 Å².